The number of rotatable bonds is 7. The molecule has 0 saturated carbocycles. The molecule has 0 radical (unpaired) electrons. The van der Waals surface area contributed by atoms with Crippen molar-refractivity contribution in [3.8, 4) is 0 Å². The fourth-order valence-corrected chi connectivity index (χ4v) is 2.83. The van der Waals surface area contributed by atoms with E-state index >= 15 is 0 Å². The van der Waals surface area contributed by atoms with Gasteiger partial charge in [-0.25, -0.2) is 0 Å². The number of benzene rings is 1. The van der Waals surface area contributed by atoms with E-state index in [1.165, 1.54) is 0 Å². The van der Waals surface area contributed by atoms with Gasteiger partial charge in [-0.1, -0.05) is 17.7 Å². The van der Waals surface area contributed by atoms with Crippen LogP contribution in [0, 0.1) is 0 Å². The third-order valence-electron chi connectivity index (χ3n) is 4.26. The van der Waals surface area contributed by atoms with E-state index in [0.717, 1.165) is 31.9 Å². The lowest BCUT2D eigenvalue weighted by Gasteiger charge is -2.37. The molecule has 1 heterocycles. The Bertz CT molecular complexity index is 598. The number of carbonyl (C=O) groups is 2. The minimum Gasteiger partial charge on any atom is -0.352 e. The summed E-state index contributed by atoms with van der Waals surface area (Å²) in [5.74, 6) is -0.0404. The van der Waals surface area contributed by atoms with Gasteiger partial charge in [0.2, 0.25) is 11.8 Å². The Hall–Kier alpha value is -1.89. The highest BCUT2D eigenvalue weighted by atomic mass is 35.5. The highest BCUT2D eigenvalue weighted by molar-refractivity contribution is 6.30. The number of nitrogens with one attached hydrogen (secondary N) is 2. The number of nitrogens with zero attached hydrogens (tertiary/aromatic N) is 2. The summed E-state index contributed by atoms with van der Waals surface area (Å²) in [6, 6.07) is 6.84. The molecule has 6 nitrogen and oxygen atoms in total. The van der Waals surface area contributed by atoms with Crippen LogP contribution < -0.4 is 10.6 Å². The highest BCUT2D eigenvalue weighted by Gasteiger charge is 2.26. The van der Waals surface area contributed by atoms with Gasteiger partial charge in [0.05, 0.1) is 12.6 Å². The summed E-state index contributed by atoms with van der Waals surface area (Å²) in [6.07, 6.45) is 1.66. The van der Waals surface area contributed by atoms with E-state index in [-0.39, 0.29) is 17.9 Å². The normalized spacial score (nSPS) is 16.9. The number of hydrogen-bond acceptors (Lipinski definition) is 4. The van der Waals surface area contributed by atoms with Crippen molar-refractivity contribution in [2.45, 2.75) is 13.0 Å². The molecular formula is C18H25ClN4O2. The number of halogens is 1. The Kier molecular flexibility index (Phi) is 7.43. The lowest BCUT2D eigenvalue weighted by atomic mass is 10.2. The monoisotopic (exact) mass is 364 g/mol. The minimum atomic E-state index is -0.229. The smallest absolute Gasteiger partial charge is 0.241 e. The van der Waals surface area contributed by atoms with E-state index in [9.17, 15) is 9.59 Å². The number of anilines is 1. The summed E-state index contributed by atoms with van der Waals surface area (Å²) >= 11 is 5.85. The summed E-state index contributed by atoms with van der Waals surface area (Å²) in [7, 11) is 0. The van der Waals surface area contributed by atoms with Crippen LogP contribution in [0.5, 0.6) is 0 Å². The lowest BCUT2D eigenvalue weighted by molar-refractivity contribution is -0.124. The molecule has 1 atom stereocenters. The third kappa shape index (κ3) is 6.16. The van der Waals surface area contributed by atoms with Crippen molar-refractivity contribution in [2.24, 2.45) is 0 Å². The summed E-state index contributed by atoms with van der Waals surface area (Å²) in [5, 5.41) is 6.32. The lowest BCUT2D eigenvalue weighted by Crippen LogP contribution is -2.54. The van der Waals surface area contributed by atoms with Gasteiger partial charge in [-0.2, -0.15) is 0 Å². The van der Waals surface area contributed by atoms with Crippen molar-refractivity contribution < 1.29 is 9.59 Å². The Morgan fingerprint density at radius 2 is 1.88 bits per heavy atom. The molecule has 7 heteroatoms. The first-order valence-corrected chi connectivity index (χ1v) is 8.78. The molecule has 1 aromatic carbocycles. The highest BCUT2D eigenvalue weighted by Crippen LogP contribution is 2.15. The quantitative estimate of drug-likeness (QED) is 0.721. The van der Waals surface area contributed by atoms with Gasteiger partial charge in [-0.3, -0.25) is 19.4 Å². The van der Waals surface area contributed by atoms with Crippen molar-refractivity contribution in [1.29, 1.82) is 0 Å². The van der Waals surface area contributed by atoms with Crippen LogP contribution in [-0.4, -0.2) is 66.9 Å². The predicted molar refractivity (Wildman–Crippen MR) is 101 cm³/mol. The molecule has 2 N–H and O–H groups in total. The maximum Gasteiger partial charge on any atom is 0.241 e. The van der Waals surface area contributed by atoms with E-state index in [0.29, 0.717) is 18.1 Å². The molecule has 1 fully saturated rings. The zero-order valence-corrected chi connectivity index (χ0v) is 15.3. The predicted octanol–water partition coefficient (Wildman–Crippen LogP) is 1.59. The molecule has 2 rings (SSSR count). The topological polar surface area (TPSA) is 64.7 Å². The average molecular weight is 365 g/mol. The Morgan fingerprint density at radius 1 is 1.24 bits per heavy atom. The largest absolute Gasteiger partial charge is 0.352 e. The molecule has 1 aromatic rings. The van der Waals surface area contributed by atoms with Crippen LogP contribution in [0.15, 0.2) is 36.9 Å². The van der Waals surface area contributed by atoms with Crippen LogP contribution in [0.3, 0.4) is 0 Å². The molecular weight excluding hydrogens is 340 g/mol. The molecule has 136 valence electrons. The molecule has 0 aliphatic carbocycles. The summed E-state index contributed by atoms with van der Waals surface area (Å²) in [6.45, 7) is 9.39. The summed E-state index contributed by atoms with van der Waals surface area (Å²) in [5.41, 5.74) is 0.735. The second kappa shape index (κ2) is 9.56. The zero-order chi connectivity index (χ0) is 18.2. The fourth-order valence-electron chi connectivity index (χ4n) is 2.70. The summed E-state index contributed by atoms with van der Waals surface area (Å²) < 4.78 is 0. The Balaban J connectivity index is 1.77. The van der Waals surface area contributed by atoms with Gasteiger partial charge in [-0.05, 0) is 31.2 Å². The van der Waals surface area contributed by atoms with Crippen LogP contribution >= 0.6 is 11.6 Å². The fraction of sp³-hybridized carbons (Fsp3) is 0.444. The molecule has 2 amide bonds. The van der Waals surface area contributed by atoms with E-state index in [1.807, 2.05) is 6.92 Å². The summed E-state index contributed by atoms with van der Waals surface area (Å²) in [4.78, 5) is 28.4. The maximum absolute atomic E-state index is 12.4. The van der Waals surface area contributed by atoms with Gasteiger partial charge < -0.3 is 10.6 Å². The van der Waals surface area contributed by atoms with Crippen LogP contribution in [0.1, 0.15) is 6.92 Å². The molecule has 1 aliphatic heterocycles. The third-order valence-corrected chi connectivity index (χ3v) is 4.51. The second-order valence-electron chi connectivity index (χ2n) is 6.08. The molecule has 1 saturated heterocycles. The van der Waals surface area contributed by atoms with Gasteiger partial charge in [0.15, 0.2) is 0 Å². The molecule has 1 aliphatic rings. The van der Waals surface area contributed by atoms with Crippen molar-refractivity contribution >= 4 is 29.1 Å². The zero-order valence-electron chi connectivity index (χ0n) is 14.5. The Labute approximate surface area is 153 Å². The number of hydrogen-bond donors (Lipinski definition) is 2. The Morgan fingerprint density at radius 3 is 2.48 bits per heavy atom. The van der Waals surface area contributed by atoms with Gasteiger partial charge >= 0.3 is 0 Å². The van der Waals surface area contributed by atoms with Crippen molar-refractivity contribution in [3.05, 3.63) is 41.9 Å². The van der Waals surface area contributed by atoms with E-state index < -0.39 is 0 Å². The first-order chi connectivity index (χ1) is 12.0. The first kappa shape index (κ1) is 19.4. The van der Waals surface area contributed by atoms with Crippen LogP contribution in [-0.2, 0) is 9.59 Å². The van der Waals surface area contributed by atoms with Crippen molar-refractivity contribution in [1.82, 2.24) is 15.1 Å². The standard InChI is InChI=1S/C18H25ClN4O2/c1-3-8-20-17(24)13-22-9-11-23(12-10-22)14(2)18(25)21-16-6-4-15(19)5-7-16/h3-7,14H,1,8-13H2,2H3,(H,20,24)(H,21,25). The van der Waals surface area contributed by atoms with Crippen LogP contribution in [0.25, 0.3) is 0 Å². The molecule has 0 spiro atoms. The van der Waals surface area contributed by atoms with E-state index in [2.05, 4.69) is 27.0 Å². The van der Waals surface area contributed by atoms with Crippen LogP contribution in [0.2, 0.25) is 5.02 Å². The average Bonchev–Trinajstić information content (AvgIpc) is 2.62. The van der Waals surface area contributed by atoms with Crippen molar-refractivity contribution in [3.63, 3.8) is 0 Å². The molecule has 25 heavy (non-hydrogen) atoms. The van der Waals surface area contributed by atoms with E-state index in [1.54, 1.807) is 30.3 Å². The molecule has 0 bridgehead atoms. The van der Waals surface area contributed by atoms with Gasteiger partial charge in [0.25, 0.3) is 0 Å². The first-order valence-electron chi connectivity index (χ1n) is 8.40. The number of piperazine rings is 1. The van der Waals surface area contributed by atoms with Gasteiger partial charge in [-0.15, -0.1) is 6.58 Å². The maximum atomic E-state index is 12.4. The van der Waals surface area contributed by atoms with Gasteiger partial charge in [0, 0.05) is 43.4 Å². The molecule has 1 unspecified atom stereocenters. The minimum absolute atomic E-state index is 0.00174. The van der Waals surface area contributed by atoms with Gasteiger partial charge in [0.1, 0.15) is 0 Å². The number of amides is 2. The number of carbonyl (C=O) groups excluding carboxylic acids is 2. The van der Waals surface area contributed by atoms with Crippen molar-refractivity contribution in [2.75, 3.05) is 44.6 Å². The SMILES string of the molecule is C=CCNC(=O)CN1CCN(C(C)C(=O)Nc2ccc(Cl)cc2)CC1. The van der Waals surface area contributed by atoms with Crippen LogP contribution in [0.4, 0.5) is 5.69 Å². The second-order valence-corrected chi connectivity index (χ2v) is 6.51. The molecule has 0 aromatic heterocycles. The van der Waals surface area contributed by atoms with E-state index in [4.69, 9.17) is 11.6 Å².